The number of nitrogens with zero attached hydrogens (tertiary/aromatic N) is 6. The van der Waals surface area contributed by atoms with Gasteiger partial charge in [0, 0.05) is 38.4 Å². The van der Waals surface area contributed by atoms with Crippen LogP contribution in [0.3, 0.4) is 0 Å². The molecule has 5 rings (SSSR count). The van der Waals surface area contributed by atoms with Gasteiger partial charge >= 0.3 is 0 Å². The van der Waals surface area contributed by atoms with Crippen LogP contribution in [0, 0.1) is 0 Å². The number of sulfonamides is 1. The zero-order chi connectivity index (χ0) is 20.0. The number of aromatic nitrogens is 4. The first-order valence-corrected chi connectivity index (χ1v) is 11.1. The van der Waals surface area contributed by atoms with Crippen molar-refractivity contribution in [2.24, 2.45) is 0 Å². The molecule has 0 unspecified atom stereocenters. The van der Waals surface area contributed by atoms with Crippen molar-refractivity contribution in [2.45, 2.75) is 29.7 Å². The fraction of sp³-hybridized carbons (Fsp3) is 0.350. The van der Waals surface area contributed by atoms with Crippen molar-refractivity contribution >= 4 is 15.8 Å². The highest BCUT2D eigenvalue weighted by Gasteiger charge is 2.37. The predicted molar refractivity (Wildman–Crippen MR) is 109 cm³/mol. The summed E-state index contributed by atoms with van der Waals surface area (Å²) >= 11 is 0. The summed E-state index contributed by atoms with van der Waals surface area (Å²) < 4.78 is 29.1. The Kier molecular flexibility index (Phi) is 4.36. The van der Waals surface area contributed by atoms with Gasteiger partial charge in [-0.2, -0.15) is 14.5 Å². The van der Waals surface area contributed by atoms with E-state index < -0.39 is 10.0 Å². The van der Waals surface area contributed by atoms with Crippen LogP contribution in [0.2, 0.25) is 0 Å². The molecule has 3 heterocycles. The molecule has 1 aliphatic carbocycles. The number of hydrogen-bond acceptors (Lipinski definition) is 6. The van der Waals surface area contributed by atoms with E-state index in [1.807, 2.05) is 24.4 Å². The fourth-order valence-corrected chi connectivity index (χ4v) is 4.87. The highest BCUT2D eigenvalue weighted by atomic mass is 32.2. The molecule has 2 fully saturated rings. The lowest BCUT2D eigenvalue weighted by atomic mass is 10.1. The average Bonchev–Trinajstić information content (AvgIpc) is 3.41. The maximum absolute atomic E-state index is 13.0. The van der Waals surface area contributed by atoms with Crippen LogP contribution in [0.4, 0.5) is 5.82 Å². The summed E-state index contributed by atoms with van der Waals surface area (Å²) in [5, 5.41) is 12.8. The SMILES string of the molecule is CN(C1CN(c2ccc(C3CC3)nn2)C1)S(=O)(=O)c1ccc(-n2cccn2)cc1. The van der Waals surface area contributed by atoms with Gasteiger partial charge in [0.2, 0.25) is 10.0 Å². The quantitative estimate of drug-likeness (QED) is 0.618. The number of benzene rings is 1. The minimum atomic E-state index is -3.56. The van der Waals surface area contributed by atoms with Crippen LogP contribution >= 0.6 is 0 Å². The molecule has 3 aromatic rings. The van der Waals surface area contributed by atoms with Crippen LogP contribution in [-0.2, 0) is 10.0 Å². The summed E-state index contributed by atoms with van der Waals surface area (Å²) in [7, 11) is -1.92. The maximum Gasteiger partial charge on any atom is 0.243 e. The first kappa shape index (κ1) is 18.3. The van der Waals surface area contributed by atoms with Crippen LogP contribution in [0.15, 0.2) is 59.8 Å². The Bertz CT molecular complexity index is 1090. The first-order valence-electron chi connectivity index (χ1n) is 9.69. The van der Waals surface area contributed by atoms with E-state index in [1.54, 1.807) is 42.2 Å². The minimum Gasteiger partial charge on any atom is -0.352 e. The van der Waals surface area contributed by atoms with E-state index in [0.717, 1.165) is 17.2 Å². The molecular weight excluding hydrogens is 388 g/mol. The fourth-order valence-electron chi connectivity index (χ4n) is 3.53. The monoisotopic (exact) mass is 410 g/mol. The summed E-state index contributed by atoms with van der Waals surface area (Å²) in [5.74, 6) is 1.39. The Labute approximate surface area is 169 Å². The van der Waals surface area contributed by atoms with Gasteiger partial charge in [-0.25, -0.2) is 13.1 Å². The Morgan fingerprint density at radius 3 is 2.38 bits per heavy atom. The average molecular weight is 411 g/mol. The molecule has 150 valence electrons. The van der Waals surface area contributed by atoms with Crippen molar-refractivity contribution in [2.75, 3.05) is 25.0 Å². The molecular formula is C20H22N6O2S. The van der Waals surface area contributed by atoms with E-state index in [0.29, 0.717) is 19.0 Å². The van der Waals surface area contributed by atoms with Crippen molar-refractivity contribution in [3.05, 3.63) is 60.6 Å². The summed E-state index contributed by atoms with van der Waals surface area (Å²) in [5.41, 5.74) is 1.88. The first-order chi connectivity index (χ1) is 14.0. The lowest BCUT2D eigenvalue weighted by Gasteiger charge is -2.43. The Hall–Kier alpha value is -2.78. The van der Waals surface area contributed by atoms with Gasteiger partial charge in [-0.05, 0) is 55.3 Å². The third-order valence-corrected chi connectivity index (χ3v) is 7.57. The molecule has 29 heavy (non-hydrogen) atoms. The minimum absolute atomic E-state index is 0.0873. The van der Waals surface area contributed by atoms with Crippen molar-refractivity contribution in [1.29, 1.82) is 0 Å². The molecule has 2 aromatic heterocycles. The van der Waals surface area contributed by atoms with Crippen LogP contribution in [-0.4, -0.2) is 58.9 Å². The molecule has 1 aromatic carbocycles. The highest BCUT2D eigenvalue weighted by Crippen LogP contribution is 2.39. The van der Waals surface area contributed by atoms with E-state index in [2.05, 4.69) is 20.2 Å². The van der Waals surface area contributed by atoms with E-state index in [9.17, 15) is 8.42 Å². The van der Waals surface area contributed by atoms with E-state index in [-0.39, 0.29) is 10.9 Å². The topological polar surface area (TPSA) is 84.2 Å². The summed E-state index contributed by atoms with van der Waals surface area (Å²) in [6.07, 6.45) is 5.90. The molecule has 9 heteroatoms. The molecule has 0 spiro atoms. The second-order valence-corrected chi connectivity index (χ2v) is 9.61. The largest absolute Gasteiger partial charge is 0.352 e. The third kappa shape index (κ3) is 3.40. The van der Waals surface area contributed by atoms with Gasteiger partial charge < -0.3 is 4.90 Å². The van der Waals surface area contributed by atoms with Gasteiger partial charge in [-0.15, -0.1) is 5.10 Å². The standard InChI is InChI=1S/C20H22N6O2S/c1-24(17-13-25(14-17)20-10-9-19(22-23-20)15-3-4-15)29(27,28)18-7-5-16(6-8-18)26-12-2-11-21-26/h2,5-12,15,17H,3-4,13-14H2,1H3. The van der Waals surface area contributed by atoms with E-state index >= 15 is 0 Å². The molecule has 0 bridgehead atoms. The van der Waals surface area contributed by atoms with Crippen LogP contribution in [0.5, 0.6) is 0 Å². The second kappa shape index (κ2) is 6.93. The summed E-state index contributed by atoms with van der Waals surface area (Å²) in [6, 6.07) is 12.5. The molecule has 2 aliphatic rings. The molecule has 0 amide bonds. The van der Waals surface area contributed by atoms with Gasteiger partial charge in [0.1, 0.15) is 0 Å². The summed E-state index contributed by atoms with van der Waals surface area (Å²) in [6.45, 7) is 1.22. The predicted octanol–water partition coefficient (Wildman–Crippen LogP) is 2.05. The molecule has 0 radical (unpaired) electrons. The molecule has 1 saturated carbocycles. The lowest BCUT2D eigenvalue weighted by Crippen LogP contribution is -2.60. The van der Waals surface area contributed by atoms with Gasteiger partial charge in [0.05, 0.1) is 22.3 Å². The number of hydrogen-bond donors (Lipinski definition) is 0. The van der Waals surface area contributed by atoms with E-state index in [1.165, 1.54) is 17.1 Å². The molecule has 8 nitrogen and oxygen atoms in total. The Morgan fingerprint density at radius 1 is 1.03 bits per heavy atom. The third-order valence-electron chi connectivity index (χ3n) is 5.65. The zero-order valence-electron chi connectivity index (χ0n) is 16.1. The normalized spacial score (nSPS) is 17.5. The lowest BCUT2D eigenvalue weighted by molar-refractivity contribution is 0.309. The highest BCUT2D eigenvalue weighted by molar-refractivity contribution is 7.89. The van der Waals surface area contributed by atoms with Crippen LogP contribution < -0.4 is 4.90 Å². The Balaban J connectivity index is 1.25. The smallest absolute Gasteiger partial charge is 0.243 e. The van der Waals surface area contributed by atoms with Gasteiger partial charge in [-0.3, -0.25) is 0 Å². The summed E-state index contributed by atoms with van der Waals surface area (Å²) in [4.78, 5) is 2.34. The van der Waals surface area contributed by atoms with Crippen molar-refractivity contribution < 1.29 is 8.42 Å². The van der Waals surface area contributed by atoms with Crippen molar-refractivity contribution in [3.63, 3.8) is 0 Å². The van der Waals surface area contributed by atoms with Crippen LogP contribution in [0.25, 0.3) is 5.69 Å². The van der Waals surface area contributed by atoms with Gasteiger partial charge in [0.25, 0.3) is 0 Å². The number of likely N-dealkylation sites (N-methyl/N-ethyl adjacent to an activating group) is 1. The molecule has 0 N–H and O–H groups in total. The molecule has 1 saturated heterocycles. The maximum atomic E-state index is 13.0. The van der Waals surface area contributed by atoms with E-state index in [4.69, 9.17) is 0 Å². The number of rotatable bonds is 6. The second-order valence-electron chi connectivity index (χ2n) is 7.62. The van der Waals surface area contributed by atoms with Crippen LogP contribution in [0.1, 0.15) is 24.5 Å². The molecule has 1 aliphatic heterocycles. The number of anilines is 1. The van der Waals surface area contributed by atoms with Crippen molar-refractivity contribution in [3.8, 4) is 5.69 Å². The van der Waals surface area contributed by atoms with Gasteiger partial charge in [-0.1, -0.05) is 0 Å². The Morgan fingerprint density at radius 2 is 1.79 bits per heavy atom. The van der Waals surface area contributed by atoms with Gasteiger partial charge in [0.15, 0.2) is 5.82 Å². The molecule has 0 atom stereocenters. The van der Waals surface area contributed by atoms with Crippen molar-refractivity contribution in [1.82, 2.24) is 24.3 Å². The zero-order valence-corrected chi connectivity index (χ0v) is 16.9.